The Labute approximate surface area is 123 Å². The Bertz CT molecular complexity index is 684. The number of nitro groups is 1. The van der Waals surface area contributed by atoms with Crippen LogP contribution < -0.4 is 16.0 Å². The van der Waals surface area contributed by atoms with Gasteiger partial charge in [-0.05, 0) is 18.2 Å². The van der Waals surface area contributed by atoms with E-state index in [2.05, 4.69) is 10.4 Å². The van der Waals surface area contributed by atoms with E-state index >= 15 is 0 Å². The highest BCUT2D eigenvalue weighted by molar-refractivity contribution is 6.31. The number of nitrogens with two attached hydrogens (primary N) is 1. The Morgan fingerprint density at radius 3 is 2.86 bits per heavy atom. The lowest BCUT2D eigenvalue weighted by Gasteiger charge is -2.09. The quantitative estimate of drug-likeness (QED) is 0.500. The SMILES string of the molecule is NNc1ccc(Cl)c(COc2c(F)cccc2[N+](=O)[O-])n1. The Hall–Kier alpha value is -2.45. The monoisotopic (exact) mass is 312 g/mol. The first kappa shape index (κ1) is 14.9. The van der Waals surface area contributed by atoms with Crippen LogP contribution in [0.4, 0.5) is 15.9 Å². The highest BCUT2D eigenvalue weighted by Crippen LogP contribution is 2.30. The van der Waals surface area contributed by atoms with Crippen LogP contribution in [0.3, 0.4) is 0 Å². The van der Waals surface area contributed by atoms with Gasteiger partial charge in [0.1, 0.15) is 12.4 Å². The number of anilines is 1. The summed E-state index contributed by atoms with van der Waals surface area (Å²) in [5, 5.41) is 11.1. The highest BCUT2D eigenvalue weighted by atomic mass is 35.5. The maximum Gasteiger partial charge on any atom is 0.314 e. The predicted molar refractivity (Wildman–Crippen MR) is 74.4 cm³/mol. The zero-order valence-corrected chi connectivity index (χ0v) is 11.3. The summed E-state index contributed by atoms with van der Waals surface area (Å²) in [6.45, 7) is -0.240. The standard InChI is InChI=1S/C12H10ClFN4O3/c13-7-4-5-11(17-15)16-9(7)6-21-12-8(14)2-1-3-10(12)18(19)20/h1-5H,6,15H2,(H,16,17). The number of halogens is 2. The molecule has 21 heavy (non-hydrogen) atoms. The molecule has 0 aliphatic carbocycles. The van der Waals surface area contributed by atoms with Crippen molar-refractivity contribution in [3.8, 4) is 5.75 Å². The van der Waals surface area contributed by atoms with Crippen molar-refractivity contribution in [3.05, 3.63) is 57.0 Å². The van der Waals surface area contributed by atoms with E-state index in [1.165, 1.54) is 18.2 Å². The maximum atomic E-state index is 13.6. The van der Waals surface area contributed by atoms with Crippen LogP contribution in [0.1, 0.15) is 5.69 Å². The molecule has 0 bridgehead atoms. The van der Waals surface area contributed by atoms with Crippen LogP contribution in [-0.4, -0.2) is 9.91 Å². The molecule has 9 heteroatoms. The summed E-state index contributed by atoms with van der Waals surface area (Å²) in [6.07, 6.45) is 0. The third kappa shape index (κ3) is 3.36. The van der Waals surface area contributed by atoms with E-state index in [-0.39, 0.29) is 17.3 Å². The maximum absolute atomic E-state index is 13.6. The van der Waals surface area contributed by atoms with Crippen molar-refractivity contribution in [2.75, 3.05) is 5.43 Å². The zero-order valence-electron chi connectivity index (χ0n) is 10.5. The molecule has 0 saturated heterocycles. The highest BCUT2D eigenvalue weighted by Gasteiger charge is 2.20. The van der Waals surface area contributed by atoms with Gasteiger partial charge in [0.2, 0.25) is 5.75 Å². The molecule has 2 rings (SSSR count). The number of benzene rings is 1. The predicted octanol–water partition coefficient (Wildman–Crippen LogP) is 2.65. The summed E-state index contributed by atoms with van der Waals surface area (Å²) in [7, 11) is 0. The molecule has 2 aromatic rings. The average molecular weight is 313 g/mol. The molecule has 7 nitrogen and oxygen atoms in total. The number of hydrogen-bond acceptors (Lipinski definition) is 6. The first-order chi connectivity index (χ1) is 10.0. The van der Waals surface area contributed by atoms with Gasteiger partial charge in [0.05, 0.1) is 15.6 Å². The van der Waals surface area contributed by atoms with Gasteiger partial charge < -0.3 is 10.2 Å². The van der Waals surface area contributed by atoms with Crippen LogP contribution in [0.5, 0.6) is 5.75 Å². The number of hydrogen-bond donors (Lipinski definition) is 2. The number of rotatable bonds is 5. The van der Waals surface area contributed by atoms with Crippen LogP contribution in [0.2, 0.25) is 5.02 Å². The van der Waals surface area contributed by atoms with Crippen LogP contribution in [-0.2, 0) is 6.61 Å². The molecule has 0 unspecified atom stereocenters. The molecule has 0 amide bonds. The Morgan fingerprint density at radius 1 is 1.43 bits per heavy atom. The van der Waals surface area contributed by atoms with Gasteiger partial charge in [0.15, 0.2) is 5.82 Å². The molecular weight excluding hydrogens is 303 g/mol. The first-order valence-electron chi connectivity index (χ1n) is 5.70. The Balaban J connectivity index is 2.26. The second-order valence-corrected chi connectivity index (χ2v) is 4.31. The topological polar surface area (TPSA) is 103 Å². The molecule has 1 aromatic heterocycles. The largest absolute Gasteiger partial charge is 0.478 e. The molecule has 0 atom stereocenters. The molecule has 0 aliphatic rings. The van der Waals surface area contributed by atoms with Gasteiger partial charge >= 0.3 is 5.69 Å². The lowest BCUT2D eigenvalue weighted by atomic mass is 10.3. The summed E-state index contributed by atoms with van der Waals surface area (Å²) in [6, 6.07) is 6.50. The van der Waals surface area contributed by atoms with Gasteiger partial charge in [0, 0.05) is 6.07 Å². The van der Waals surface area contributed by atoms with Crippen molar-refractivity contribution >= 4 is 23.1 Å². The number of aromatic nitrogens is 1. The second-order valence-electron chi connectivity index (χ2n) is 3.90. The van der Waals surface area contributed by atoms with Crippen LogP contribution >= 0.6 is 11.6 Å². The van der Waals surface area contributed by atoms with Crippen molar-refractivity contribution in [2.24, 2.45) is 5.84 Å². The minimum absolute atomic E-state index is 0.240. The van der Waals surface area contributed by atoms with Gasteiger partial charge in [-0.15, -0.1) is 0 Å². The second kappa shape index (κ2) is 6.33. The number of pyridine rings is 1. The number of nitrogens with zero attached hydrogens (tertiary/aromatic N) is 2. The Morgan fingerprint density at radius 2 is 2.19 bits per heavy atom. The number of para-hydroxylation sites is 1. The van der Waals surface area contributed by atoms with Crippen molar-refractivity contribution < 1.29 is 14.1 Å². The van der Waals surface area contributed by atoms with Crippen molar-refractivity contribution in [1.29, 1.82) is 0 Å². The van der Waals surface area contributed by atoms with Crippen LogP contribution in [0.15, 0.2) is 30.3 Å². The molecule has 1 heterocycles. The van der Waals surface area contributed by atoms with E-state index in [9.17, 15) is 14.5 Å². The number of hydrazine groups is 1. The number of ether oxygens (including phenoxy) is 1. The van der Waals surface area contributed by atoms with Crippen LogP contribution in [0.25, 0.3) is 0 Å². The van der Waals surface area contributed by atoms with E-state index in [0.717, 1.165) is 12.1 Å². The molecule has 0 radical (unpaired) electrons. The van der Waals surface area contributed by atoms with Gasteiger partial charge in [-0.1, -0.05) is 17.7 Å². The first-order valence-corrected chi connectivity index (χ1v) is 6.08. The van der Waals surface area contributed by atoms with Gasteiger partial charge in [-0.25, -0.2) is 15.2 Å². The minimum atomic E-state index is -0.839. The fraction of sp³-hybridized carbons (Fsp3) is 0.0833. The summed E-state index contributed by atoms with van der Waals surface area (Å²) < 4.78 is 18.8. The summed E-state index contributed by atoms with van der Waals surface area (Å²) in [4.78, 5) is 14.1. The fourth-order valence-electron chi connectivity index (χ4n) is 1.59. The van der Waals surface area contributed by atoms with Crippen LogP contribution in [0, 0.1) is 15.9 Å². The third-order valence-corrected chi connectivity index (χ3v) is 2.91. The smallest absolute Gasteiger partial charge is 0.314 e. The lowest BCUT2D eigenvalue weighted by molar-refractivity contribution is -0.386. The van der Waals surface area contributed by atoms with Crippen molar-refractivity contribution in [2.45, 2.75) is 6.61 Å². The molecule has 0 fully saturated rings. The molecule has 3 N–H and O–H groups in total. The van der Waals surface area contributed by atoms with E-state index in [1.807, 2.05) is 0 Å². The van der Waals surface area contributed by atoms with E-state index < -0.39 is 22.2 Å². The third-order valence-electron chi connectivity index (χ3n) is 2.56. The minimum Gasteiger partial charge on any atom is -0.478 e. The number of nitrogens with one attached hydrogen (secondary N) is 1. The fourth-order valence-corrected chi connectivity index (χ4v) is 1.75. The number of nitro benzene ring substituents is 1. The van der Waals surface area contributed by atoms with Gasteiger partial charge in [-0.3, -0.25) is 10.1 Å². The molecule has 0 aliphatic heterocycles. The molecule has 0 spiro atoms. The zero-order chi connectivity index (χ0) is 15.4. The molecule has 110 valence electrons. The van der Waals surface area contributed by atoms with Gasteiger partial charge in [0.25, 0.3) is 0 Å². The average Bonchev–Trinajstić information content (AvgIpc) is 2.47. The molecular formula is C12H10ClFN4O3. The van der Waals surface area contributed by atoms with Gasteiger partial charge in [-0.2, -0.15) is 0 Å². The Kier molecular flexibility index (Phi) is 4.51. The van der Waals surface area contributed by atoms with Crippen molar-refractivity contribution in [3.63, 3.8) is 0 Å². The summed E-state index contributed by atoms with van der Waals surface area (Å²) >= 11 is 5.92. The lowest BCUT2D eigenvalue weighted by Crippen LogP contribution is -2.10. The van der Waals surface area contributed by atoms with Crippen molar-refractivity contribution in [1.82, 2.24) is 4.98 Å². The molecule has 1 aromatic carbocycles. The summed E-state index contributed by atoms with van der Waals surface area (Å²) in [5.74, 6) is 4.25. The summed E-state index contributed by atoms with van der Waals surface area (Å²) in [5.41, 5.74) is 2.12. The molecule has 0 saturated carbocycles. The number of nitrogen functional groups attached to an aromatic ring is 1. The van der Waals surface area contributed by atoms with E-state index in [0.29, 0.717) is 5.82 Å². The normalized spacial score (nSPS) is 10.2. The van der Waals surface area contributed by atoms with E-state index in [1.54, 1.807) is 0 Å². The van der Waals surface area contributed by atoms with E-state index in [4.69, 9.17) is 22.2 Å².